The van der Waals surface area contributed by atoms with Gasteiger partial charge in [-0.2, -0.15) is 0 Å². The number of anilines is 2. The Labute approximate surface area is 176 Å². The van der Waals surface area contributed by atoms with E-state index in [2.05, 4.69) is 15.4 Å². The zero-order chi connectivity index (χ0) is 20.8. The molecule has 0 spiro atoms. The first-order valence-electron chi connectivity index (χ1n) is 9.63. The van der Waals surface area contributed by atoms with Crippen LogP contribution >= 0.6 is 11.6 Å². The SMILES string of the molecule is Cc1cc(C)c(NC(=O)C(C)O/N=C/c2ccc(N3CCOCC3)cc2)c(Cl)c1. The van der Waals surface area contributed by atoms with Gasteiger partial charge < -0.3 is 19.8 Å². The Bertz CT molecular complexity index is 854. The Balaban J connectivity index is 1.53. The molecule has 0 aromatic heterocycles. The van der Waals surface area contributed by atoms with E-state index in [0.29, 0.717) is 10.7 Å². The van der Waals surface area contributed by atoms with Crippen molar-refractivity contribution in [2.45, 2.75) is 26.9 Å². The summed E-state index contributed by atoms with van der Waals surface area (Å²) in [6.45, 7) is 8.80. The molecule has 0 aliphatic carbocycles. The molecule has 1 unspecified atom stereocenters. The van der Waals surface area contributed by atoms with Gasteiger partial charge in [0.05, 0.1) is 30.1 Å². The second-order valence-corrected chi connectivity index (χ2v) is 7.51. The number of hydrogen-bond donors (Lipinski definition) is 1. The highest BCUT2D eigenvalue weighted by Crippen LogP contribution is 2.27. The summed E-state index contributed by atoms with van der Waals surface area (Å²) in [5, 5.41) is 7.27. The molecule has 1 atom stereocenters. The van der Waals surface area contributed by atoms with Crippen molar-refractivity contribution in [2.24, 2.45) is 5.16 Å². The minimum Gasteiger partial charge on any atom is -0.383 e. The van der Waals surface area contributed by atoms with Crippen LogP contribution in [0.3, 0.4) is 0 Å². The molecule has 1 aliphatic heterocycles. The van der Waals surface area contributed by atoms with Gasteiger partial charge in [-0.1, -0.05) is 35.0 Å². The number of aryl methyl sites for hydroxylation is 2. The maximum absolute atomic E-state index is 12.4. The number of amides is 1. The Morgan fingerprint density at radius 3 is 2.59 bits per heavy atom. The number of rotatable bonds is 6. The molecule has 1 fully saturated rings. The monoisotopic (exact) mass is 415 g/mol. The standard InChI is InChI=1S/C22H26ClN3O3/c1-15-12-16(2)21(20(23)13-15)25-22(27)17(3)29-24-14-18-4-6-19(7-5-18)26-8-10-28-11-9-26/h4-7,12-14,17H,8-11H2,1-3H3,(H,25,27)/b24-14+. The molecule has 1 N–H and O–H groups in total. The molecule has 154 valence electrons. The van der Waals surface area contributed by atoms with Crippen molar-refractivity contribution in [1.82, 2.24) is 0 Å². The maximum Gasteiger partial charge on any atom is 0.268 e. The number of ether oxygens (including phenoxy) is 1. The zero-order valence-electron chi connectivity index (χ0n) is 16.9. The van der Waals surface area contributed by atoms with Crippen LogP contribution < -0.4 is 10.2 Å². The summed E-state index contributed by atoms with van der Waals surface area (Å²) < 4.78 is 5.38. The average molecular weight is 416 g/mol. The number of nitrogens with one attached hydrogen (secondary N) is 1. The largest absolute Gasteiger partial charge is 0.383 e. The van der Waals surface area contributed by atoms with E-state index in [1.54, 1.807) is 13.1 Å². The number of hydrogen-bond acceptors (Lipinski definition) is 5. The van der Waals surface area contributed by atoms with Gasteiger partial charge in [0, 0.05) is 18.8 Å². The van der Waals surface area contributed by atoms with Crippen LogP contribution in [0, 0.1) is 13.8 Å². The van der Waals surface area contributed by atoms with Gasteiger partial charge in [-0.25, -0.2) is 0 Å². The molecule has 3 rings (SSSR count). The fraction of sp³-hybridized carbons (Fsp3) is 0.364. The third-order valence-corrected chi connectivity index (χ3v) is 5.04. The van der Waals surface area contributed by atoms with Gasteiger partial charge in [0.2, 0.25) is 6.10 Å². The first-order valence-corrected chi connectivity index (χ1v) is 10.0. The molecule has 1 amide bonds. The van der Waals surface area contributed by atoms with Gasteiger partial charge in [-0.3, -0.25) is 4.79 Å². The molecule has 1 heterocycles. The molecule has 29 heavy (non-hydrogen) atoms. The van der Waals surface area contributed by atoms with Crippen molar-refractivity contribution < 1.29 is 14.4 Å². The molecule has 2 aromatic carbocycles. The molecule has 0 bridgehead atoms. The van der Waals surface area contributed by atoms with Crippen LogP contribution in [-0.2, 0) is 14.4 Å². The van der Waals surface area contributed by atoms with Gasteiger partial charge >= 0.3 is 0 Å². The topological polar surface area (TPSA) is 63.2 Å². The first kappa shape index (κ1) is 21.1. The van der Waals surface area contributed by atoms with Crippen molar-refractivity contribution in [1.29, 1.82) is 0 Å². The van der Waals surface area contributed by atoms with E-state index in [0.717, 1.165) is 48.7 Å². The van der Waals surface area contributed by atoms with Crippen LogP contribution in [0.1, 0.15) is 23.6 Å². The highest BCUT2D eigenvalue weighted by molar-refractivity contribution is 6.34. The van der Waals surface area contributed by atoms with Gasteiger partial charge in [0.25, 0.3) is 5.91 Å². The predicted octanol–water partition coefficient (Wildman–Crippen LogP) is 4.17. The summed E-state index contributed by atoms with van der Waals surface area (Å²) in [6.07, 6.45) is 0.840. The van der Waals surface area contributed by atoms with Crippen LogP contribution in [0.4, 0.5) is 11.4 Å². The van der Waals surface area contributed by atoms with Crippen LogP contribution in [0.2, 0.25) is 5.02 Å². The van der Waals surface area contributed by atoms with E-state index in [4.69, 9.17) is 21.2 Å². The predicted molar refractivity (Wildman–Crippen MR) is 117 cm³/mol. The number of benzene rings is 2. The Morgan fingerprint density at radius 1 is 1.24 bits per heavy atom. The second-order valence-electron chi connectivity index (χ2n) is 7.10. The van der Waals surface area contributed by atoms with E-state index >= 15 is 0 Å². The van der Waals surface area contributed by atoms with Crippen LogP contribution in [0.5, 0.6) is 0 Å². The summed E-state index contributed by atoms with van der Waals surface area (Å²) in [4.78, 5) is 20.0. The van der Waals surface area contributed by atoms with Gasteiger partial charge in [-0.05, 0) is 55.7 Å². The van der Waals surface area contributed by atoms with E-state index in [1.807, 2.05) is 50.2 Å². The number of halogens is 1. The summed E-state index contributed by atoms with van der Waals surface area (Å²) in [5.74, 6) is -0.307. The highest BCUT2D eigenvalue weighted by atomic mass is 35.5. The van der Waals surface area contributed by atoms with Gasteiger partial charge in [0.1, 0.15) is 0 Å². The van der Waals surface area contributed by atoms with E-state index < -0.39 is 6.10 Å². The van der Waals surface area contributed by atoms with Crippen LogP contribution in [0.25, 0.3) is 0 Å². The molecule has 2 aromatic rings. The third kappa shape index (κ3) is 5.71. The number of carbonyl (C=O) groups is 1. The van der Waals surface area contributed by atoms with Crippen molar-refractivity contribution in [3.05, 3.63) is 58.1 Å². The summed E-state index contributed by atoms with van der Waals surface area (Å²) >= 11 is 6.24. The minimum absolute atomic E-state index is 0.307. The summed E-state index contributed by atoms with van der Waals surface area (Å²) in [5.41, 5.74) is 4.59. The van der Waals surface area contributed by atoms with Crippen molar-refractivity contribution in [3.63, 3.8) is 0 Å². The quantitative estimate of drug-likeness (QED) is 0.568. The number of morpholine rings is 1. The van der Waals surface area contributed by atoms with Crippen LogP contribution in [0.15, 0.2) is 41.6 Å². The summed E-state index contributed by atoms with van der Waals surface area (Å²) in [7, 11) is 0. The lowest BCUT2D eigenvalue weighted by Gasteiger charge is -2.28. The van der Waals surface area contributed by atoms with Crippen LogP contribution in [-0.4, -0.2) is 44.5 Å². The normalized spacial score (nSPS) is 15.4. The minimum atomic E-state index is -0.754. The third-order valence-electron chi connectivity index (χ3n) is 4.74. The van der Waals surface area contributed by atoms with Gasteiger partial charge in [-0.15, -0.1) is 0 Å². The average Bonchev–Trinajstić information content (AvgIpc) is 2.71. The lowest BCUT2D eigenvalue weighted by molar-refractivity contribution is -0.126. The molecule has 6 nitrogen and oxygen atoms in total. The van der Waals surface area contributed by atoms with E-state index in [-0.39, 0.29) is 5.91 Å². The second kappa shape index (κ2) is 9.76. The van der Waals surface area contributed by atoms with E-state index in [1.165, 1.54) is 0 Å². The Hall–Kier alpha value is -2.57. The van der Waals surface area contributed by atoms with Crippen molar-refractivity contribution >= 4 is 35.1 Å². The molecule has 1 aliphatic rings. The summed E-state index contributed by atoms with van der Waals surface area (Å²) in [6, 6.07) is 11.8. The lowest BCUT2D eigenvalue weighted by atomic mass is 10.1. The van der Waals surface area contributed by atoms with E-state index in [9.17, 15) is 4.79 Å². The number of carbonyl (C=O) groups excluding carboxylic acids is 1. The molecular formula is C22H26ClN3O3. The lowest BCUT2D eigenvalue weighted by Crippen LogP contribution is -2.36. The molecule has 0 radical (unpaired) electrons. The van der Waals surface area contributed by atoms with Crippen molar-refractivity contribution in [2.75, 3.05) is 36.5 Å². The highest BCUT2D eigenvalue weighted by Gasteiger charge is 2.17. The fourth-order valence-corrected chi connectivity index (χ4v) is 3.49. The molecular weight excluding hydrogens is 390 g/mol. The van der Waals surface area contributed by atoms with Crippen molar-refractivity contribution in [3.8, 4) is 0 Å². The first-order chi connectivity index (χ1) is 13.9. The molecule has 0 saturated carbocycles. The zero-order valence-corrected chi connectivity index (χ0v) is 17.7. The number of nitrogens with zero attached hydrogens (tertiary/aromatic N) is 2. The smallest absolute Gasteiger partial charge is 0.268 e. The Kier molecular flexibility index (Phi) is 7.12. The molecule has 1 saturated heterocycles. The molecule has 7 heteroatoms. The number of oxime groups is 1. The maximum atomic E-state index is 12.4. The van der Waals surface area contributed by atoms with Gasteiger partial charge in [0.15, 0.2) is 0 Å². The Morgan fingerprint density at radius 2 is 1.93 bits per heavy atom. The fourth-order valence-electron chi connectivity index (χ4n) is 3.12.